The van der Waals surface area contributed by atoms with Gasteiger partial charge in [-0.2, -0.15) is 0 Å². The van der Waals surface area contributed by atoms with E-state index in [2.05, 4.69) is 0 Å². The summed E-state index contributed by atoms with van der Waals surface area (Å²) in [4.78, 5) is 30.1. The van der Waals surface area contributed by atoms with Crippen LogP contribution in [0.15, 0.2) is 42.5 Å². The maximum atomic E-state index is 13.3. The number of nitrogens with zero attached hydrogens (tertiary/aromatic N) is 2. The van der Waals surface area contributed by atoms with Gasteiger partial charge >= 0.3 is 0 Å². The number of carbonyl (C=O) groups is 2. The summed E-state index contributed by atoms with van der Waals surface area (Å²) in [5.41, 5.74) is 1.33. The highest BCUT2D eigenvalue weighted by atomic mass is 35.5. The number of ether oxygens (including phenoxy) is 1. The molecule has 33 heavy (non-hydrogen) atoms. The summed E-state index contributed by atoms with van der Waals surface area (Å²) in [6.07, 6.45) is 6.04. The van der Waals surface area contributed by atoms with E-state index in [0.29, 0.717) is 47.3 Å². The minimum atomic E-state index is -0.0616. The van der Waals surface area contributed by atoms with E-state index in [9.17, 15) is 9.59 Å². The summed E-state index contributed by atoms with van der Waals surface area (Å²) in [5, 5.41) is 1.10. The van der Waals surface area contributed by atoms with E-state index in [1.165, 1.54) is 12.8 Å². The van der Waals surface area contributed by atoms with Crippen molar-refractivity contribution >= 4 is 35.0 Å². The summed E-state index contributed by atoms with van der Waals surface area (Å²) >= 11 is 12.2. The Morgan fingerprint density at radius 1 is 0.879 bits per heavy atom. The normalized spacial score (nSPS) is 17.5. The average molecular weight is 489 g/mol. The van der Waals surface area contributed by atoms with E-state index >= 15 is 0 Å². The Balaban J connectivity index is 1.36. The highest BCUT2D eigenvalue weighted by Crippen LogP contribution is 2.27. The zero-order chi connectivity index (χ0) is 23.2. The molecule has 0 spiro atoms. The van der Waals surface area contributed by atoms with Crippen molar-refractivity contribution in [3.63, 3.8) is 0 Å². The van der Waals surface area contributed by atoms with E-state index in [1.54, 1.807) is 24.3 Å². The molecule has 7 heteroatoms. The summed E-state index contributed by atoms with van der Waals surface area (Å²) in [5.74, 6) is 0.753. The molecule has 2 saturated heterocycles. The number of rotatable bonds is 5. The summed E-state index contributed by atoms with van der Waals surface area (Å²) in [7, 11) is 0. The number of amides is 2. The first-order valence-corrected chi connectivity index (χ1v) is 12.5. The van der Waals surface area contributed by atoms with E-state index in [-0.39, 0.29) is 24.3 Å². The van der Waals surface area contributed by atoms with Crippen molar-refractivity contribution in [1.29, 1.82) is 0 Å². The fraction of sp³-hybridized carbons (Fsp3) is 0.462. The Morgan fingerprint density at radius 2 is 1.58 bits per heavy atom. The fourth-order valence-electron chi connectivity index (χ4n) is 4.61. The third kappa shape index (κ3) is 6.01. The quantitative estimate of drug-likeness (QED) is 0.531. The van der Waals surface area contributed by atoms with Gasteiger partial charge in [-0.25, -0.2) is 0 Å². The second-order valence-electron chi connectivity index (χ2n) is 8.83. The van der Waals surface area contributed by atoms with Crippen molar-refractivity contribution in [2.24, 2.45) is 5.92 Å². The van der Waals surface area contributed by atoms with Crippen molar-refractivity contribution < 1.29 is 14.3 Å². The van der Waals surface area contributed by atoms with Crippen molar-refractivity contribution in [2.75, 3.05) is 26.2 Å². The number of likely N-dealkylation sites (tertiary alicyclic amines) is 2. The number of benzene rings is 2. The van der Waals surface area contributed by atoms with Crippen molar-refractivity contribution in [3.05, 3.63) is 63.6 Å². The van der Waals surface area contributed by atoms with Gasteiger partial charge in [-0.05, 0) is 49.9 Å². The molecule has 0 atom stereocenters. The van der Waals surface area contributed by atoms with Gasteiger partial charge in [0, 0.05) is 47.7 Å². The van der Waals surface area contributed by atoms with Gasteiger partial charge in [-0.15, -0.1) is 0 Å². The van der Waals surface area contributed by atoms with E-state index in [0.717, 1.165) is 31.5 Å². The number of para-hydroxylation sites is 1. The van der Waals surface area contributed by atoms with Crippen LogP contribution in [-0.4, -0.2) is 47.8 Å². The molecule has 0 radical (unpaired) electrons. The number of carbonyl (C=O) groups excluding carboxylic acids is 2. The molecule has 0 aliphatic carbocycles. The predicted octanol–water partition coefficient (Wildman–Crippen LogP) is 5.83. The van der Waals surface area contributed by atoms with Crippen LogP contribution in [0.3, 0.4) is 0 Å². The zero-order valence-corrected chi connectivity index (χ0v) is 20.3. The monoisotopic (exact) mass is 488 g/mol. The van der Waals surface area contributed by atoms with Crippen LogP contribution in [-0.2, 0) is 11.4 Å². The smallest absolute Gasteiger partial charge is 0.257 e. The van der Waals surface area contributed by atoms with Gasteiger partial charge in [0.25, 0.3) is 5.91 Å². The maximum Gasteiger partial charge on any atom is 0.257 e. The van der Waals surface area contributed by atoms with Crippen LogP contribution in [0.25, 0.3) is 0 Å². The van der Waals surface area contributed by atoms with E-state index in [1.807, 2.05) is 28.0 Å². The maximum absolute atomic E-state index is 13.3. The fourth-order valence-corrected chi connectivity index (χ4v) is 5.08. The molecule has 2 aliphatic heterocycles. The van der Waals surface area contributed by atoms with Crippen LogP contribution < -0.4 is 4.74 Å². The SMILES string of the molecule is O=C(c1ccccc1OCc1ccc(Cl)cc1Cl)N1CCC(C(=O)N2CCCCCC2)CC1. The highest BCUT2D eigenvalue weighted by Gasteiger charge is 2.31. The lowest BCUT2D eigenvalue weighted by Crippen LogP contribution is -2.44. The molecule has 0 bridgehead atoms. The summed E-state index contributed by atoms with van der Waals surface area (Å²) < 4.78 is 5.97. The molecule has 0 N–H and O–H groups in total. The largest absolute Gasteiger partial charge is 0.488 e. The van der Waals surface area contributed by atoms with Crippen LogP contribution >= 0.6 is 23.2 Å². The molecule has 2 aliphatic rings. The highest BCUT2D eigenvalue weighted by molar-refractivity contribution is 6.35. The number of hydrogen-bond acceptors (Lipinski definition) is 3. The standard InChI is InChI=1S/C26H30Cl2N2O3/c27-21-10-9-20(23(28)17-21)18-33-24-8-4-3-7-22(24)26(32)30-15-11-19(12-16-30)25(31)29-13-5-1-2-6-14-29/h3-4,7-10,17,19H,1-2,5-6,11-16,18H2. The van der Waals surface area contributed by atoms with Crippen molar-refractivity contribution in [1.82, 2.24) is 9.80 Å². The van der Waals surface area contributed by atoms with Crippen LogP contribution in [0, 0.1) is 5.92 Å². The lowest BCUT2D eigenvalue weighted by Gasteiger charge is -2.34. The Morgan fingerprint density at radius 3 is 2.27 bits per heavy atom. The van der Waals surface area contributed by atoms with Gasteiger partial charge < -0.3 is 14.5 Å². The minimum absolute atomic E-state index is 0.0192. The molecule has 5 nitrogen and oxygen atoms in total. The van der Waals surface area contributed by atoms with Gasteiger partial charge in [-0.3, -0.25) is 9.59 Å². The molecule has 0 saturated carbocycles. The minimum Gasteiger partial charge on any atom is -0.488 e. The van der Waals surface area contributed by atoms with Crippen molar-refractivity contribution in [2.45, 2.75) is 45.1 Å². The first-order chi connectivity index (χ1) is 16.0. The second kappa shape index (κ2) is 11.3. The molecule has 2 aromatic rings. The summed E-state index contributed by atoms with van der Waals surface area (Å²) in [6.45, 7) is 3.16. The Hall–Kier alpha value is -2.24. The molecule has 0 aromatic heterocycles. The molecule has 2 fully saturated rings. The van der Waals surface area contributed by atoms with Gasteiger partial charge in [0.05, 0.1) is 5.56 Å². The molecule has 2 amide bonds. The van der Waals surface area contributed by atoms with E-state index < -0.39 is 0 Å². The first kappa shape index (κ1) is 23.9. The zero-order valence-electron chi connectivity index (χ0n) is 18.8. The first-order valence-electron chi connectivity index (χ1n) is 11.8. The van der Waals surface area contributed by atoms with Crippen LogP contribution in [0.1, 0.15) is 54.4 Å². The Labute approximate surface area is 205 Å². The van der Waals surface area contributed by atoms with Gasteiger partial charge in [0.15, 0.2) is 0 Å². The topological polar surface area (TPSA) is 49.9 Å². The molecule has 0 unspecified atom stereocenters. The van der Waals surface area contributed by atoms with Crippen LogP contribution in [0.4, 0.5) is 0 Å². The predicted molar refractivity (Wildman–Crippen MR) is 131 cm³/mol. The van der Waals surface area contributed by atoms with Crippen LogP contribution in [0.2, 0.25) is 10.0 Å². The molecule has 2 heterocycles. The second-order valence-corrected chi connectivity index (χ2v) is 9.67. The number of hydrogen-bond donors (Lipinski definition) is 0. The van der Waals surface area contributed by atoms with Crippen molar-refractivity contribution in [3.8, 4) is 5.75 Å². The number of halogens is 2. The average Bonchev–Trinajstić information content (AvgIpc) is 3.13. The third-order valence-electron chi connectivity index (χ3n) is 6.56. The van der Waals surface area contributed by atoms with E-state index in [4.69, 9.17) is 27.9 Å². The lowest BCUT2D eigenvalue weighted by molar-refractivity contribution is -0.136. The third-order valence-corrected chi connectivity index (χ3v) is 7.15. The van der Waals surface area contributed by atoms with Gasteiger partial charge in [0.2, 0.25) is 5.91 Å². The van der Waals surface area contributed by atoms with Gasteiger partial charge in [0.1, 0.15) is 12.4 Å². The Bertz CT molecular complexity index is 981. The molecule has 176 valence electrons. The lowest BCUT2D eigenvalue weighted by atomic mass is 9.94. The molecular formula is C26H30Cl2N2O3. The molecule has 4 rings (SSSR count). The van der Waals surface area contributed by atoms with Gasteiger partial charge in [-0.1, -0.05) is 54.2 Å². The Kier molecular flexibility index (Phi) is 8.15. The molecular weight excluding hydrogens is 459 g/mol. The van der Waals surface area contributed by atoms with Crippen LogP contribution in [0.5, 0.6) is 5.75 Å². The summed E-state index contributed by atoms with van der Waals surface area (Å²) in [6, 6.07) is 12.5. The molecule has 2 aromatic carbocycles. The number of piperidine rings is 1.